The van der Waals surface area contributed by atoms with Crippen LogP contribution < -0.4 is 0 Å². The molecular formula is C60H112O5. The Balaban J connectivity index is 3.45. The van der Waals surface area contributed by atoms with Crippen LogP contribution in [0.25, 0.3) is 0 Å². The summed E-state index contributed by atoms with van der Waals surface area (Å²) in [5.41, 5.74) is 0. The van der Waals surface area contributed by atoms with Crippen molar-refractivity contribution in [3.63, 3.8) is 0 Å². The lowest BCUT2D eigenvalue weighted by molar-refractivity contribution is -0.161. The number of carbonyl (C=O) groups excluding carboxylic acids is 2. The van der Waals surface area contributed by atoms with Crippen molar-refractivity contribution >= 4 is 11.9 Å². The first-order valence-electron chi connectivity index (χ1n) is 29.0. The first-order chi connectivity index (χ1) is 32.1. The number of rotatable bonds is 54. The molecule has 0 amide bonds. The van der Waals surface area contributed by atoms with Gasteiger partial charge in [-0.3, -0.25) is 9.59 Å². The van der Waals surface area contributed by atoms with Crippen LogP contribution in [0.3, 0.4) is 0 Å². The zero-order valence-electron chi connectivity index (χ0n) is 43.8. The molecule has 65 heavy (non-hydrogen) atoms. The number of hydrogen-bond acceptors (Lipinski definition) is 5. The highest BCUT2D eigenvalue weighted by Crippen LogP contribution is 2.17. The van der Waals surface area contributed by atoms with Gasteiger partial charge in [-0.15, -0.1) is 0 Å². The van der Waals surface area contributed by atoms with E-state index in [1.807, 2.05) is 0 Å². The molecule has 1 N–H and O–H groups in total. The number of carbonyl (C=O) groups is 2. The molecule has 0 spiro atoms. The van der Waals surface area contributed by atoms with Gasteiger partial charge in [0.05, 0.1) is 6.61 Å². The first-order valence-corrected chi connectivity index (χ1v) is 29.0. The summed E-state index contributed by atoms with van der Waals surface area (Å²) in [5, 5.41) is 9.66. The van der Waals surface area contributed by atoms with Crippen molar-refractivity contribution in [1.82, 2.24) is 0 Å². The summed E-state index contributed by atoms with van der Waals surface area (Å²) < 4.78 is 10.7. The molecule has 0 heterocycles. The molecule has 382 valence electrons. The maximum Gasteiger partial charge on any atom is 0.306 e. The van der Waals surface area contributed by atoms with Crippen LogP contribution >= 0.6 is 0 Å². The molecule has 0 aliphatic rings. The van der Waals surface area contributed by atoms with E-state index in [1.165, 1.54) is 244 Å². The number of allylic oxidation sites excluding steroid dienone is 6. The van der Waals surface area contributed by atoms with Gasteiger partial charge in [0.1, 0.15) is 6.61 Å². The summed E-state index contributed by atoms with van der Waals surface area (Å²) in [4.78, 5) is 24.5. The predicted molar refractivity (Wildman–Crippen MR) is 284 cm³/mol. The van der Waals surface area contributed by atoms with Crippen molar-refractivity contribution in [2.24, 2.45) is 0 Å². The van der Waals surface area contributed by atoms with Crippen molar-refractivity contribution in [1.29, 1.82) is 0 Å². The van der Waals surface area contributed by atoms with Crippen LogP contribution in [0, 0.1) is 0 Å². The predicted octanol–water partition coefficient (Wildman–Crippen LogP) is 19.5. The minimum absolute atomic E-state index is 0.0630. The summed E-state index contributed by atoms with van der Waals surface area (Å²) in [6.45, 7) is 4.17. The third-order valence-corrected chi connectivity index (χ3v) is 13.2. The van der Waals surface area contributed by atoms with Crippen molar-refractivity contribution in [2.45, 2.75) is 322 Å². The third-order valence-electron chi connectivity index (χ3n) is 13.2. The Morgan fingerprint density at radius 2 is 0.615 bits per heavy atom. The number of esters is 2. The maximum atomic E-state index is 12.3. The molecule has 0 aliphatic carbocycles. The standard InChI is InChI=1S/C60H112O5/c1-3-5-7-9-11-13-15-17-19-21-23-25-27-29-31-32-34-36-38-40-42-44-46-48-50-52-54-59(62)64-57-58(56-61)65-60(63)55-53-51-49-47-45-43-41-39-37-35-33-30-28-26-24-22-20-18-16-14-12-10-8-6-4-2/h16,18,22,24,28,30,58,61H,3-15,17,19-21,23,25-27,29,31-57H2,1-2H3/b18-16-,24-22-,30-28-. The molecule has 0 aromatic rings. The van der Waals surface area contributed by atoms with E-state index in [0.29, 0.717) is 12.8 Å². The second kappa shape index (κ2) is 56.4. The fraction of sp³-hybridized carbons (Fsp3) is 0.867. The van der Waals surface area contributed by atoms with Crippen LogP contribution in [-0.2, 0) is 19.1 Å². The molecule has 0 radical (unpaired) electrons. The summed E-state index contributed by atoms with van der Waals surface area (Å²) >= 11 is 0. The highest BCUT2D eigenvalue weighted by Gasteiger charge is 2.16. The van der Waals surface area contributed by atoms with Crippen LogP contribution in [0.2, 0.25) is 0 Å². The molecular weight excluding hydrogens is 801 g/mol. The van der Waals surface area contributed by atoms with Crippen LogP contribution in [0.1, 0.15) is 316 Å². The zero-order chi connectivity index (χ0) is 47.0. The van der Waals surface area contributed by atoms with E-state index >= 15 is 0 Å². The van der Waals surface area contributed by atoms with Gasteiger partial charge < -0.3 is 14.6 Å². The molecule has 0 aliphatic heterocycles. The SMILES string of the molecule is CCCCCCC/C=C\C/C=C\C/C=C\CCCCCCCCCCCCC(=O)OC(CO)COC(=O)CCCCCCCCCCCCCCCCCCCCCCCCCCCC. The molecule has 0 rings (SSSR count). The van der Waals surface area contributed by atoms with E-state index in [4.69, 9.17) is 9.47 Å². The summed E-state index contributed by atoms with van der Waals surface area (Å²) in [5.74, 6) is -0.578. The van der Waals surface area contributed by atoms with Crippen molar-refractivity contribution < 1.29 is 24.2 Å². The van der Waals surface area contributed by atoms with E-state index < -0.39 is 6.10 Å². The molecule has 0 saturated carbocycles. The summed E-state index contributed by atoms with van der Waals surface area (Å²) in [6.07, 6.45) is 72.7. The summed E-state index contributed by atoms with van der Waals surface area (Å²) in [6, 6.07) is 0. The third kappa shape index (κ3) is 54.6. The highest BCUT2D eigenvalue weighted by molar-refractivity contribution is 5.70. The van der Waals surface area contributed by atoms with Gasteiger partial charge in [0, 0.05) is 12.8 Å². The Morgan fingerprint density at radius 3 is 0.923 bits per heavy atom. The molecule has 0 aromatic carbocycles. The van der Waals surface area contributed by atoms with Gasteiger partial charge in [-0.05, 0) is 51.4 Å². The van der Waals surface area contributed by atoms with E-state index in [1.54, 1.807) is 0 Å². The first kappa shape index (κ1) is 63.1. The second-order valence-corrected chi connectivity index (χ2v) is 19.7. The molecule has 5 nitrogen and oxygen atoms in total. The molecule has 1 atom stereocenters. The molecule has 0 saturated heterocycles. The minimum atomic E-state index is -0.773. The molecule has 5 heteroatoms. The van der Waals surface area contributed by atoms with E-state index in [-0.39, 0.29) is 25.2 Å². The average molecular weight is 914 g/mol. The number of aliphatic hydroxyl groups excluding tert-OH is 1. The Bertz CT molecular complexity index is 1030. The van der Waals surface area contributed by atoms with Crippen LogP contribution in [-0.4, -0.2) is 36.4 Å². The van der Waals surface area contributed by atoms with Gasteiger partial charge in [0.25, 0.3) is 0 Å². The van der Waals surface area contributed by atoms with E-state index in [9.17, 15) is 14.7 Å². The number of unbranched alkanes of at least 4 members (excludes halogenated alkanes) is 40. The van der Waals surface area contributed by atoms with Crippen LogP contribution in [0.5, 0.6) is 0 Å². The number of hydrogen-bond donors (Lipinski definition) is 1. The van der Waals surface area contributed by atoms with Gasteiger partial charge in [0.15, 0.2) is 6.10 Å². The smallest absolute Gasteiger partial charge is 0.306 e. The van der Waals surface area contributed by atoms with Gasteiger partial charge in [-0.1, -0.05) is 288 Å². The van der Waals surface area contributed by atoms with Gasteiger partial charge in [-0.25, -0.2) is 0 Å². The molecule has 0 fully saturated rings. The number of aliphatic hydroxyl groups is 1. The zero-order valence-corrected chi connectivity index (χ0v) is 43.8. The second-order valence-electron chi connectivity index (χ2n) is 19.7. The maximum absolute atomic E-state index is 12.3. The van der Waals surface area contributed by atoms with Crippen LogP contribution in [0.4, 0.5) is 0 Å². The Kier molecular flexibility index (Phi) is 54.8. The molecule has 0 bridgehead atoms. The van der Waals surface area contributed by atoms with Gasteiger partial charge >= 0.3 is 11.9 Å². The Labute approximate surface area is 406 Å². The fourth-order valence-electron chi connectivity index (χ4n) is 8.80. The lowest BCUT2D eigenvalue weighted by Crippen LogP contribution is -2.28. The van der Waals surface area contributed by atoms with Crippen molar-refractivity contribution in [2.75, 3.05) is 13.2 Å². The lowest BCUT2D eigenvalue weighted by atomic mass is 10.0. The average Bonchev–Trinajstić information content (AvgIpc) is 3.31. The van der Waals surface area contributed by atoms with Crippen molar-refractivity contribution in [3.8, 4) is 0 Å². The van der Waals surface area contributed by atoms with Crippen LogP contribution in [0.15, 0.2) is 36.5 Å². The van der Waals surface area contributed by atoms with Crippen molar-refractivity contribution in [3.05, 3.63) is 36.5 Å². The summed E-state index contributed by atoms with van der Waals surface area (Å²) in [7, 11) is 0. The quantitative estimate of drug-likeness (QED) is 0.0374. The van der Waals surface area contributed by atoms with E-state index in [2.05, 4.69) is 50.3 Å². The Hall–Kier alpha value is -1.88. The van der Waals surface area contributed by atoms with Gasteiger partial charge in [0.2, 0.25) is 0 Å². The minimum Gasteiger partial charge on any atom is -0.462 e. The van der Waals surface area contributed by atoms with Gasteiger partial charge in [-0.2, -0.15) is 0 Å². The lowest BCUT2D eigenvalue weighted by Gasteiger charge is -2.15. The fourth-order valence-corrected chi connectivity index (χ4v) is 8.80. The number of ether oxygens (including phenoxy) is 2. The highest BCUT2D eigenvalue weighted by atomic mass is 16.6. The van der Waals surface area contributed by atoms with E-state index in [0.717, 1.165) is 44.9 Å². The largest absolute Gasteiger partial charge is 0.462 e. The normalized spacial score (nSPS) is 12.4. The topological polar surface area (TPSA) is 72.8 Å². The molecule has 1 unspecified atom stereocenters. The Morgan fingerprint density at radius 1 is 0.354 bits per heavy atom. The monoisotopic (exact) mass is 913 g/mol. The molecule has 0 aromatic heterocycles.